The topological polar surface area (TPSA) is 108 Å². The quantitative estimate of drug-likeness (QED) is 0.348. The molecule has 2 fully saturated rings. The van der Waals surface area contributed by atoms with Gasteiger partial charge >= 0.3 is 0 Å². The number of piperazine rings is 1. The largest absolute Gasteiger partial charge is 0.439 e. The molecule has 4 N–H and O–H groups in total. The number of thiophene rings is 1. The zero-order valence-electron chi connectivity index (χ0n) is 19.8. The van der Waals surface area contributed by atoms with Crippen molar-refractivity contribution >= 4 is 38.9 Å². The molecule has 3 aromatic heterocycles. The van der Waals surface area contributed by atoms with E-state index in [0.717, 1.165) is 67.0 Å². The van der Waals surface area contributed by atoms with E-state index in [1.54, 1.807) is 12.3 Å². The molecule has 2 aliphatic rings. The molecular weight excluding hydrogens is 470 g/mol. The first-order valence-electron chi connectivity index (χ1n) is 12.2. The molecule has 0 atom stereocenters. The zero-order valence-corrected chi connectivity index (χ0v) is 20.7. The second-order valence-electron chi connectivity index (χ2n) is 9.21. The first kappa shape index (κ1) is 22.7. The van der Waals surface area contributed by atoms with Gasteiger partial charge in [-0.05, 0) is 42.5 Å². The van der Waals surface area contributed by atoms with Crippen LogP contribution in [0.4, 0.5) is 5.88 Å². The highest BCUT2D eigenvalue weighted by Gasteiger charge is 2.21. The van der Waals surface area contributed by atoms with Crippen LogP contribution in [-0.4, -0.2) is 36.9 Å². The summed E-state index contributed by atoms with van der Waals surface area (Å²) in [6, 6.07) is 13.2. The van der Waals surface area contributed by atoms with E-state index in [2.05, 4.69) is 15.2 Å². The van der Waals surface area contributed by atoms with Crippen LogP contribution < -0.4 is 21.4 Å². The van der Waals surface area contributed by atoms with Gasteiger partial charge in [0.05, 0.1) is 11.4 Å². The van der Waals surface area contributed by atoms with Crippen LogP contribution in [0.5, 0.6) is 0 Å². The number of rotatable bonds is 5. The van der Waals surface area contributed by atoms with Crippen molar-refractivity contribution in [1.82, 2.24) is 10.3 Å². The second-order valence-corrected chi connectivity index (χ2v) is 10.1. The fourth-order valence-electron chi connectivity index (χ4n) is 4.79. The zero-order chi connectivity index (χ0) is 24.6. The number of aromatic nitrogens is 1. The van der Waals surface area contributed by atoms with Gasteiger partial charge in [0.25, 0.3) is 0 Å². The van der Waals surface area contributed by atoms with Gasteiger partial charge in [-0.25, -0.2) is 0 Å². The molecule has 36 heavy (non-hydrogen) atoms. The number of allylic oxidation sites excluding steroid dienone is 1. The Morgan fingerprint density at radius 2 is 1.89 bits per heavy atom. The third-order valence-electron chi connectivity index (χ3n) is 7.01. The Morgan fingerprint density at radius 3 is 2.64 bits per heavy atom. The number of benzene rings is 1. The van der Waals surface area contributed by atoms with Crippen LogP contribution in [0.15, 0.2) is 68.8 Å². The van der Waals surface area contributed by atoms with Crippen LogP contribution in [0.25, 0.3) is 27.1 Å². The molecule has 0 radical (unpaired) electrons. The molecule has 0 bridgehead atoms. The summed E-state index contributed by atoms with van der Waals surface area (Å²) in [5.74, 6) is 0.601. The highest BCUT2D eigenvalue weighted by molar-refractivity contribution is 7.17. The molecule has 6 rings (SSSR count). The van der Waals surface area contributed by atoms with Crippen molar-refractivity contribution in [2.45, 2.75) is 19.3 Å². The molecule has 8 heteroatoms. The van der Waals surface area contributed by atoms with Crippen LogP contribution in [0.1, 0.15) is 36.1 Å². The van der Waals surface area contributed by atoms with Crippen molar-refractivity contribution < 1.29 is 4.42 Å². The van der Waals surface area contributed by atoms with Gasteiger partial charge in [0, 0.05) is 66.2 Å². The SMILES string of the molecule is N=C(c1cc(-c2csc3c(=O)cc(N4CCNCC4)oc23)ccn1)c1ccccc1C(N)=C1CCC1. The first-order chi connectivity index (χ1) is 17.6. The molecule has 182 valence electrons. The third-order valence-corrected chi connectivity index (χ3v) is 7.99. The van der Waals surface area contributed by atoms with Crippen LogP contribution in [0.3, 0.4) is 0 Å². The molecule has 1 aromatic carbocycles. The average molecular weight is 498 g/mol. The van der Waals surface area contributed by atoms with E-state index in [9.17, 15) is 4.79 Å². The van der Waals surface area contributed by atoms with E-state index in [0.29, 0.717) is 27.6 Å². The number of hydrogen-bond donors (Lipinski definition) is 3. The molecule has 7 nitrogen and oxygen atoms in total. The Kier molecular flexibility index (Phi) is 5.91. The maximum atomic E-state index is 12.9. The molecule has 1 aliphatic carbocycles. The minimum Gasteiger partial charge on any atom is -0.439 e. The van der Waals surface area contributed by atoms with Gasteiger partial charge in [0.15, 0.2) is 11.5 Å². The number of pyridine rings is 1. The van der Waals surface area contributed by atoms with Crippen LogP contribution in [0.2, 0.25) is 0 Å². The van der Waals surface area contributed by atoms with E-state index in [1.807, 2.05) is 41.8 Å². The van der Waals surface area contributed by atoms with E-state index in [1.165, 1.54) is 23.3 Å². The number of fused-ring (bicyclic) bond motifs is 1. The van der Waals surface area contributed by atoms with Crippen molar-refractivity contribution in [3.05, 3.63) is 86.7 Å². The highest BCUT2D eigenvalue weighted by atomic mass is 32.1. The van der Waals surface area contributed by atoms with Crippen LogP contribution in [0, 0.1) is 5.41 Å². The summed E-state index contributed by atoms with van der Waals surface area (Å²) < 4.78 is 6.90. The minimum atomic E-state index is -0.0310. The lowest BCUT2D eigenvalue weighted by Crippen LogP contribution is -2.43. The molecule has 1 saturated heterocycles. The Hall–Kier alpha value is -3.75. The van der Waals surface area contributed by atoms with Crippen molar-refractivity contribution in [3.63, 3.8) is 0 Å². The molecule has 0 amide bonds. The summed E-state index contributed by atoms with van der Waals surface area (Å²) >= 11 is 1.39. The predicted molar refractivity (Wildman–Crippen MR) is 146 cm³/mol. The lowest BCUT2D eigenvalue weighted by Gasteiger charge is -2.27. The molecule has 1 aliphatic heterocycles. The minimum absolute atomic E-state index is 0.0310. The lowest BCUT2D eigenvalue weighted by molar-refractivity contribution is 0.522. The van der Waals surface area contributed by atoms with Gasteiger partial charge in [0.1, 0.15) is 4.70 Å². The number of anilines is 1. The maximum Gasteiger partial charge on any atom is 0.204 e. The predicted octanol–water partition coefficient (Wildman–Crippen LogP) is 4.60. The van der Waals surface area contributed by atoms with E-state index < -0.39 is 0 Å². The van der Waals surface area contributed by atoms with Gasteiger partial charge < -0.3 is 20.4 Å². The molecule has 1 saturated carbocycles. The van der Waals surface area contributed by atoms with Crippen molar-refractivity contribution in [2.24, 2.45) is 5.73 Å². The summed E-state index contributed by atoms with van der Waals surface area (Å²) in [5.41, 5.74) is 13.3. The Labute approximate surface area is 212 Å². The van der Waals surface area contributed by atoms with E-state index in [4.69, 9.17) is 15.6 Å². The maximum absolute atomic E-state index is 12.9. The Balaban J connectivity index is 1.39. The Bertz CT molecular complexity index is 1560. The van der Waals surface area contributed by atoms with Gasteiger partial charge in [0.2, 0.25) is 5.43 Å². The highest BCUT2D eigenvalue weighted by Crippen LogP contribution is 2.36. The first-order valence-corrected chi connectivity index (χ1v) is 13.1. The Morgan fingerprint density at radius 1 is 1.11 bits per heavy atom. The van der Waals surface area contributed by atoms with E-state index >= 15 is 0 Å². The molecular formula is C28H27N5O2S. The third kappa shape index (κ3) is 4.02. The summed E-state index contributed by atoms with van der Waals surface area (Å²) in [7, 11) is 0. The van der Waals surface area contributed by atoms with Crippen molar-refractivity contribution in [3.8, 4) is 11.1 Å². The summed E-state index contributed by atoms with van der Waals surface area (Å²) in [5, 5.41) is 14.3. The fourth-order valence-corrected chi connectivity index (χ4v) is 5.71. The average Bonchev–Trinajstić information content (AvgIpc) is 3.32. The summed E-state index contributed by atoms with van der Waals surface area (Å²) in [6.45, 7) is 3.31. The van der Waals surface area contributed by atoms with Crippen molar-refractivity contribution in [2.75, 3.05) is 31.1 Å². The van der Waals surface area contributed by atoms with Gasteiger partial charge in [-0.3, -0.25) is 15.2 Å². The normalized spacial score (nSPS) is 15.7. The van der Waals surface area contributed by atoms with E-state index in [-0.39, 0.29) is 5.43 Å². The monoisotopic (exact) mass is 497 g/mol. The van der Waals surface area contributed by atoms with Gasteiger partial charge in [-0.1, -0.05) is 24.3 Å². The second kappa shape index (κ2) is 9.37. The summed E-state index contributed by atoms with van der Waals surface area (Å²) in [6.07, 6.45) is 4.92. The standard InChI is InChI=1S/C28H27N5O2S/c29-25(17-4-3-5-17)19-6-1-2-7-20(19)26(30)22-14-18(8-9-32-22)21-16-36-28-23(34)15-24(35-27(21)28)33-12-10-31-11-13-33/h1-2,6-9,14-16,30-31H,3-5,10-13,29H2. The van der Waals surface area contributed by atoms with Crippen LogP contribution >= 0.6 is 11.3 Å². The number of nitrogens with two attached hydrogens (primary N) is 1. The summed E-state index contributed by atoms with van der Waals surface area (Å²) in [4.78, 5) is 19.5. The number of nitrogens with zero attached hydrogens (tertiary/aromatic N) is 2. The molecule has 4 aromatic rings. The number of hydrogen-bond acceptors (Lipinski definition) is 8. The fraction of sp³-hybridized carbons (Fsp3) is 0.250. The van der Waals surface area contributed by atoms with Gasteiger partial charge in [-0.2, -0.15) is 0 Å². The van der Waals surface area contributed by atoms with Gasteiger partial charge in [-0.15, -0.1) is 11.3 Å². The molecule has 0 spiro atoms. The van der Waals surface area contributed by atoms with Crippen molar-refractivity contribution in [1.29, 1.82) is 5.41 Å². The van der Waals surface area contributed by atoms with Crippen LogP contribution in [-0.2, 0) is 0 Å². The molecule has 4 heterocycles. The lowest BCUT2D eigenvalue weighted by atomic mass is 9.86. The molecule has 0 unspecified atom stereocenters. The number of nitrogens with one attached hydrogen (secondary N) is 2. The smallest absolute Gasteiger partial charge is 0.204 e.